The topological polar surface area (TPSA) is 93.1 Å². The maximum Gasteiger partial charge on any atom is 0.334 e. The Morgan fingerprint density at radius 3 is 2.80 bits per heavy atom. The van der Waals surface area contributed by atoms with Crippen LogP contribution in [0.1, 0.15) is 46.5 Å². The van der Waals surface area contributed by atoms with E-state index in [1.807, 2.05) is 6.92 Å². The van der Waals surface area contributed by atoms with Crippen LogP contribution in [0.2, 0.25) is 0 Å². The van der Waals surface area contributed by atoms with Crippen LogP contribution in [0.25, 0.3) is 0 Å². The van der Waals surface area contributed by atoms with Gasteiger partial charge in [-0.25, -0.2) is 4.79 Å². The minimum atomic E-state index is -1.21. The standard InChI is InChI=1S/C19H28O6/c1-10(2)16(21)24-9-19(23)6-5-15(20)18(4)8-13-12(7-14(18)19)11(3)17(22)25-13/h10,12-15,20,23H,3,5-9H2,1-2,4H3/t12-,13-,14-,15-,18-,19-/m1/s1. The largest absolute Gasteiger partial charge is 0.462 e. The van der Waals surface area contributed by atoms with Crippen molar-refractivity contribution in [1.29, 1.82) is 0 Å². The summed E-state index contributed by atoms with van der Waals surface area (Å²) in [4.78, 5) is 23.7. The van der Waals surface area contributed by atoms with Crippen molar-refractivity contribution >= 4 is 11.9 Å². The number of aliphatic hydroxyl groups excluding tert-OH is 1. The quantitative estimate of drug-likeness (QED) is 0.592. The Labute approximate surface area is 148 Å². The molecule has 0 aromatic carbocycles. The number of rotatable bonds is 3. The lowest BCUT2D eigenvalue weighted by molar-refractivity contribution is -0.214. The third-order valence-electron chi connectivity index (χ3n) is 6.54. The van der Waals surface area contributed by atoms with E-state index in [1.165, 1.54) is 0 Å². The summed E-state index contributed by atoms with van der Waals surface area (Å²) in [5, 5.41) is 21.9. The Bertz CT molecular complexity index is 599. The molecule has 0 radical (unpaired) electrons. The first-order valence-corrected chi connectivity index (χ1v) is 9.05. The third kappa shape index (κ3) is 2.89. The predicted octanol–water partition coefficient (Wildman–Crippen LogP) is 1.59. The van der Waals surface area contributed by atoms with E-state index in [4.69, 9.17) is 9.47 Å². The number of esters is 2. The van der Waals surface area contributed by atoms with Crippen LogP contribution in [-0.4, -0.2) is 46.6 Å². The molecule has 6 atom stereocenters. The lowest BCUT2D eigenvalue weighted by atomic mass is 9.51. The number of ether oxygens (including phenoxy) is 2. The summed E-state index contributed by atoms with van der Waals surface area (Å²) in [5.74, 6) is -1.44. The molecular formula is C19H28O6. The first-order valence-electron chi connectivity index (χ1n) is 9.05. The average molecular weight is 352 g/mol. The first-order chi connectivity index (χ1) is 11.6. The summed E-state index contributed by atoms with van der Waals surface area (Å²) in [6, 6.07) is 0. The molecule has 6 nitrogen and oxygen atoms in total. The van der Waals surface area contributed by atoms with Gasteiger partial charge in [0, 0.05) is 16.9 Å². The fourth-order valence-electron chi connectivity index (χ4n) is 4.88. The molecule has 0 bridgehead atoms. The fourth-order valence-corrected chi connectivity index (χ4v) is 4.88. The molecule has 3 rings (SSSR count). The van der Waals surface area contributed by atoms with Gasteiger partial charge >= 0.3 is 11.9 Å². The van der Waals surface area contributed by atoms with Crippen LogP contribution in [0, 0.1) is 23.2 Å². The molecule has 1 saturated heterocycles. The molecule has 25 heavy (non-hydrogen) atoms. The second-order valence-corrected chi connectivity index (χ2v) is 8.49. The van der Waals surface area contributed by atoms with Crippen LogP contribution in [0.5, 0.6) is 0 Å². The zero-order valence-electron chi connectivity index (χ0n) is 15.2. The van der Waals surface area contributed by atoms with E-state index in [1.54, 1.807) is 13.8 Å². The summed E-state index contributed by atoms with van der Waals surface area (Å²) in [7, 11) is 0. The van der Waals surface area contributed by atoms with Crippen LogP contribution in [0.15, 0.2) is 12.2 Å². The van der Waals surface area contributed by atoms with Crippen LogP contribution in [0.4, 0.5) is 0 Å². The Morgan fingerprint density at radius 1 is 1.48 bits per heavy atom. The van der Waals surface area contributed by atoms with E-state index in [0.717, 1.165) is 0 Å². The lowest BCUT2D eigenvalue weighted by Crippen LogP contribution is -2.62. The molecule has 0 aromatic heterocycles. The molecular weight excluding hydrogens is 324 g/mol. The van der Waals surface area contributed by atoms with Crippen molar-refractivity contribution in [2.75, 3.05) is 6.61 Å². The summed E-state index contributed by atoms with van der Waals surface area (Å²) < 4.78 is 10.8. The second kappa shape index (κ2) is 6.09. The molecule has 1 heterocycles. The molecule has 3 aliphatic rings. The van der Waals surface area contributed by atoms with Crippen molar-refractivity contribution in [2.24, 2.45) is 23.2 Å². The average Bonchev–Trinajstić information content (AvgIpc) is 2.82. The number of hydrogen-bond donors (Lipinski definition) is 2. The van der Waals surface area contributed by atoms with Gasteiger partial charge in [0.2, 0.25) is 0 Å². The highest BCUT2D eigenvalue weighted by molar-refractivity contribution is 5.90. The molecule has 6 heteroatoms. The zero-order valence-corrected chi connectivity index (χ0v) is 15.2. The van der Waals surface area contributed by atoms with Gasteiger partial charge in [-0.3, -0.25) is 4.79 Å². The van der Waals surface area contributed by atoms with Crippen LogP contribution >= 0.6 is 0 Å². The van der Waals surface area contributed by atoms with E-state index in [2.05, 4.69) is 6.58 Å². The van der Waals surface area contributed by atoms with Crippen molar-refractivity contribution in [1.82, 2.24) is 0 Å². The maximum atomic E-state index is 11.9. The highest BCUT2D eigenvalue weighted by atomic mass is 16.6. The number of fused-ring (bicyclic) bond motifs is 2. The summed E-state index contributed by atoms with van der Waals surface area (Å²) in [6.07, 6.45) is 0.879. The van der Waals surface area contributed by atoms with Crippen molar-refractivity contribution in [3.05, 3.63) is 12.2 Å². The Kier molecular flexibility index (Phi) is 4.48. The highest BCUT2D eigenvalue weighted by Crippen LogP contribution is 2.58. The van der Waals surface area contributed by atoms with Gasteiger partial charge in [-0.2, -0.15) is 0 Å². The zero-order chi connectivity index (χ0) is 18.6. The van der Waals surface area contributed by atoms with Crippen molar-refractivity contribution in [2.45, 2.75) is 64.3 Å². The fraction of sp³-hybridized carbons (Fsp3) is 0.789. The molecule has 140 valence electrons. The van der Waals surface area contributed by atoms with E-state index in [0.29, 0.717) is 31.3 Å². The monoisotopic (exact) mass is 352 g/mol. The minimum absolute atomic E-state index is 0.0876. The van der Waals surface area contributed by atoms with E-state index < -0.39 is 17.1 Å². The summed E-state index contributed by atoms with van der Waals surface area (Å²) in [5.41, 5.74) is -1.37. The number of carbonyl (C=O) groups excluding carboxylic acids is 2. The maximum absolute atomic E-state index is 11.9. The van der Waals surface area contributed by atoms with Gasteiger partial charge in [0.1, 0.15) is 18.3 Å². The first kappa shape index (κ1) is 18.4. The van der Waals surface area contributed by atoms with Crippen molar-refractivity contribution in [3.8, 4) is 0 Å². The molecule has 0 unspecified atom stereocenters. The van der Waals surface area contributed by atoms with Crippen molar-refractivity contribution < 1.29 is 29.3 Å². The highest BCUT2D eigenvalue weighted by Gasteiger charge is 2.62. The predicted molar refractivity (Wildman–Crippen MR) is 89.3 cm³/mol. The second-order valence-electron chi connectivity index (χ2n) is 8.49. The molecule has 0 spiro atoms. The van der Waals surface area contributed by atoms with Gasteiger partial charge < -0.3 is 19.7 Å². The van der Waals surface area contributed by atoms with Crippen LogP contribution in [0.3, 0.4) is 0 Å². The lowest BCUT2D eigenvalue weighted by Gasteiger charge is -2.57. The number of hydrogen-bond acceptors (Lipinski definition) is 6. The number of carbonyl (C=O) groups is 2. The molecule has 0 aromatic rings. The molecule has 2 N–H and O–H groups in total. The minimum Gasteiger partial charge on any atom is -0.462 e. The third-order valence-corrected chi connectivity index (χ3v) is 6.54. The smallest absolute Gasteiger partial charge is 0.334 e. The van der Waals surface area contributed by atoms with E-state index in [-0.39, 0.29) is 42.4 Å². The van der Waals surface area contributed by atoms with Crippen molar-refractivity contribution in [3.63, 3.8) is 0 Å². The normalized spacial score (nSPS) is 43.4. The van der Waals surface area contributed by atoms with Gasteiger partial charge in [0.15, 0.2) is 0 Å². The van der Waals surface area contributed by atoms with E-state index in [9.17, 15) is 19.8 Å². The Hall–Kier alpha value is -1.40. The summed E-state index contributed by atoms with van der Waals surface area (Å²) in [6.45, 7) is 9.18. The van der Waals surface area contributed by atoms with E-state index >= 15 is 0 Å². The van der Waals surface area contributed by atoms with Gasteiger partial charge in [-0.05, 0) is 31.6 Å². The molecule has 2 saturated carbocycles. The summed E-state index contributed by atoms with van der Waals surface area (Å²) >= 11 is 0. The molecule has 1 aliphatic heterocycles. The van der Waals surface area contributed by atoms with Crippen LogP contribution < -0.4 is 0 Å². The Morgan fingerprint density at radius 2 is 2.16 bits per heavy atom. The molecule has 0 amide bonds. The van der Waals surface area contributed by atoms with Gasteiger partial charge in [0.25, 0.3) is 0 Å². The Balaban J connectivity index is 1.85. The van der Waals surface area contributed by atoms with Gasteiger partial charge in [0.05, 0.1) is 12.0 Å². The molecule has 2 aliphatic carbocycles. The van der Waals surface area contributed by atoms with Gasteiger partial charge in [-0.15, -0.1) is 0 Å². The molecule has 3 fully saturated rings. The SMILES string of the molecule is C=C1C(=O)O[C@@H]2C[C@@]3(C)[C@H](O)CC[C@@](O)(COC(=O)C(C)C)[C@@H]3C[C@H]12. The van der Waals surface area contributed by atoms with Crippen LogP contribution in [-0.2, 0) is 19.1 Å². The van der Waals surface area contributed by atoms with Gasteiger partial charge in [-0.1, -0.05) is 27.4 Å². The number of aliphatic hydroxyl groups is 2.